The molecule has 1 nitrogen and oxygen atoms in total. The number of carbonyl (C=O) groups excluding carboxylic acids is 1. The van der Waals surface area contributed by atoms with Crippen molar-refractivity contribution in [3.8, 4) is 0 Å². The standard InChI is InChI=1S/C10H9ClO/c11-10-6-3-5-9(8-10)4-1-2-7-12/h1,3-8H,2H2/b4-1-. The number of carbonyl (C=O) groups is 1. The summed E-state index contributed by atoms with van der Waals surface area (Å²) in [6.45, 7) is 0. The van der Waals surface area contributed by atoms with E-state index < -0.39 is 0 Å². The van der Waals surface area contributed by atoms with Crippen LogP contribution in [0.15, 0.2) is 30.3 Å². The summed E-state index contributed by atoms with van der Waals surface area (Å²) < 4.78 is 0. The number of allylic oxidation sites excluding steroid dienone is 1. The van der Waals surface area contributed by atoms with E-state index in [1.807, 2.05) is 30.3 Å². The number of hydrogen-bond acceptors (Lipinski definition) is 1. The van der Waals surface area contributed by atoms with E-state index in [1.54, 1.807) is 6.08 Å². The summed E-state index contributed by atoms with van der Waals surface area (Å²) in [5.74, 6) is 0. The van der Waals surface area contributed by atoms with Crippen LogP contribution in [0.1, 0.15) is 12.0 Å². The SMILES string of the molecule is O=CC/C=C\c1cccc(Cl)c1. The van der Waals surface area contributed by atoms with Crippen molar-refractivity contribution in [1.29, 1.82) is 0 Å². The highest BCUT2D eigenvalue weighted by Gasteiger charge is 1.87. The van der Waals surface area contributed by atoms with Gasteiger partial charge in [0.05, 0.1) is 0 Å². The Morgan fingerprint density at radius 1 is 1.42 bits per heavy atom. The van der Waals surface area contributed by atoms with E-state index >= 15 is 0 Å². The van der Waals surface area contributed by atoms with E-state index in [9.17, 15) is 4.79 Å². The summed E-state index contributed by atoms with van der Waals surface area (Å²) >= 11 is 5.75. The van der Waals surface area contributed by atoms with Crippen LogP contribution in [0, 0.1) is 0 Å². The van der Waals surface area contributed by atoms with E-state index in [-0.39, 0.29) is 0 Å². The third-order valence-corrected chi connectivity index (χ3v) is 1.63. The maximum Gasteiger partial charge on any atom is 0.123 e. The molecule has 1 aromatic carbocycles. The third-order valence-electron chi connectivity index (χ3n) is 1.39. The Morgan fingerprint density at radius 3 is 2.92 bits per heavy atom. The van der Waals surface area contributed by atoms with Crippen LogP contribution >= 0.6 is 11.6 Å². The van der Waals surface area contributed by atoms with Gasteiger partial charge in [0.25, 0.3) is 0 Å². The summed E-state index contributed by atoms with van der Waals surface area (Å²) in [6, 6.07) is 7.48. The van der Waals surface area contributed by atoms with Gasteiger partial charge in [-0.05, 0) is 17.7 Å². The first kappa shape index (κ1) is 9.01. The molecular formula is C10H9ClO. The molecule has 0 aliphatic heterocycles. The molecule has 0 amide bonds. The predicted octanol–water partition coefficient (Wildman–Crippen LogP) is 2.94. The van der Waals surface area contributed by atoms with Crippen LogP contribution in [-0.2, 0) is 4.79 Å². The van der Waals surface area contributed by atoms with Gasteiger partial charge in [0.2, 0.25) is 0 Å². The second-order valence-corrected chi connectivity index (χ2v) is 2.80. The summed E-state index contributed by atoms with van der Waals surface area (Å²) in [7, 11) is 0. The highest BCUT2D eigenvalue weighted by atomic mass is 35.5. The molecule has 0 aromatic heterocycles. The fourth-order valence-electron chi connectivity index (χ4n) is 0.870. The van der Waals surface area contributed by atoms with Crippen molar-refractivity contribution >= 4 is 24.0 Å². The van der Waals surface area contributed by atoms with Crippen LogP contribution in [0.25, 0.3) is 6.08 Å². The average molecular weight is 181 g/mol. The lowest BCUT2D eigenvalue weighted by molar-refractivity contribution is -0.107. The van der Waals surface area contributed by atoms with Crippen molar-refractivity contribution in [2.45, 2.75) is 6.42 Å². The van der Waals surface area contributed by atoms with Crippen molar-refractivity contribution in [2.75, 3.05) is 0 Å². The predicted molar refractivity (Wildman–Crippen MR) is 51.2 cm³/mol. The molecule has 0 bridgehead atoms. The van der Waals surface area contributed by atoms with E-state index in [0.29, 0.717) is 11.4 Å². The zero-order chi connectivity index (χ0) is 8.81. The van der Waals surface area contributed by atoms with Crippen LogP contribution in [0.5, 0.6) is 0 Å². The number of hydrogen-bond donors (Lipinski definition) is 0. The van der Waals surface area contributed by atoms with Crippen LogP contribution in [0.3, 0.4) is 0 Å². The van der Waals surface area contributed by atoms with Gasteiger partial charge in [0, 0.05) is 11.4 Å². The summed E-state index contributed by atoms with van der Waals surface area (Å²) in [5.41, 5.74) is 1.02. The molecule has 0 spiro atoms. The summed E-state index contributed by atoms with van der Waals surface area (Å²) in [6.07, 6.45) is 4.99. The molecule has 0 fully saturated rings. The average Bonchev–Trinajstić information content (AvgIpc) is 2.05. The molecule has 0 radical (unpaired) electrons. The lowest BCUT2D eigenvalue weighted by atomic mass is 10.2. The van der Waals surface area contributed by atoms with Crippen LogP contribution < -0.4 is 0 Å². The molecule has 0 saturated heterocycles. The Kier molecular flexibility index (Phi) is 3.55. The second kappa shape index (κ2) is 4.73. The van der Waals surface area contributed by atoms with Gasteiger partial charge < -0.3 is 4.79 Å². The molecule has 0 unspecified atom stereocenters. The number of halogens is 1. The Labute approximate surface area is 76.7 Å². The maximum absolute atomic E-state index is 9.98. The Bertz CT molecular complexity index is 292. The molecule has 1 rings (SSSR count). The molecule has 0 aliphatic carbocycles. The first-order valence-electron chi connectivity index (χ1n) is 3.68. The minimum absolute atomic E-state index is 0.451. The molecule has 1 aromatic rings. The summed E-state index contributed by atoms with van der Waals surface area (Å²) in [5, 5.41) is 0.711. The third kappa shape index (κ3) is 2.89. The van der Waals surface area contributed by atoms with E-state index in [1.165, 1.54) is 0 Å². The van der Waals surface area contributed by atoms with Crippen molar-refractivity contribution in [1.82, 2.24) is 0 Å². The van der Waals surface area contributed by atoms with Gasteiger partial charge in [-0.15, -0.1) is 0 Å². The normalized spacial score (nSPS) is 10.4. The van der Waals surface area contributed by atoms with Gasteiger partial charge in [0.1, 0.15) is 6.29 Å². The number of benzene rings is 1. The highest BCUT2D eigenvalue weighted by Crippen LogP contribution is 2.11. The topological polar surface area (TPSA) is 17.1 Å². The second-order valence-electron chi connectivity index (χ2n) is 2.36. The number of aldehydes is 1. The zero-order valence-corrected chi connectivity index (χ0v) is 7.29. The lowest BCUT2D eigenvalue weighted by Gasteiger charge is -1.92. The zero-order valence-electron chi connectivity index (χ0n) is 6.53. The van der Waals surface area contributed by atoms with Gasteiger partial charge in [-0.3, -0.25) is 0 Å². The van der Waals surface area contributed by atoms with Crippen LogP contribution in [-0.4, -0.2) is 6.29 Å². The van der Waals surface area contributed by atoms with E-state index in [4.69, 9.17) is 11.6 Å². The molecule has 12 heavy (non-hydrogen) atoms. The minimum atomic E-state index is 0.451. The van der Waals surface area contributed by atoms with Gasteiger partial charge in [-0.25, -0.2) is 0 Å². The maximum atomic E-state index is 9.98. The lowest BCUT2D eigenvalue weighted by Crippen LogP contribution is -1.71. The Morgan fingerprint density at radius 2 is 2.25 bits per heavy atom. The van der Waals surface area contributed by atoms with E-state index in [2.05, 4.69) is 0 Å². The molecule has 0 heterocycles. The van der Waals surface area contributed by atoms with Gasteiger partial charge in [0.15, 0.2) is 0 Å². The van der Waals surface area contributed by atoms with Gasteiger partial charge >= 0.3 is 0 Å². The van der Waals surface area contributed by atoms with Crippen molar-refractivity contribution in [2.24, 2.45) is 0 Å². The molecule has 62 valence electrons. The molecule has 0 saturated carbocycles. The summed E-state index contributed by atoms with van der Waals surface area (Å²) in [4.78, 5) is 9.98. The van der Waals surface area contributed by atoms with Crippen molar-refractivity contribution < 1.29 is 4.79 Å². The monoisotopic (exact) mass is 180 g/mol. The fraction of sp³-hybridized carbons (Fsp3) is 0.100. The smallest absolute Gasteiger partial charge is 0.123 e. The van der Waals surface area contributed by atoms with Crippen LogP contribution in [0.4, 0.5) is 0 Å². The Hall–Kier alpha value is -1.08. The minimum Gasteiger partial charge on any atom is -0.303 e. The first-order valence-corrected chi connectivity index (χ1v) is 4.06. The van der Waals surface area contributed by atoms with Crippen LogP contribution in [0.2, 0.25) is 5.02 Å². The highest BCUT2D eigenvalue weighted by molar-refractivity contribution is 6.30. The largest absolute Gasteiger partial charge is 0.303 e. The molecule has 0 aliphatic rings. The molecular weight excluding hydrogens is 172 g/mol. The van der Waals surface area contributed by atoms with E-state index in [0.717, 1.165) is 11.8 Å². The first-order chi connectivity index (χ1) is 5.83. The fourth-order valence-corrected chi connectivity index (χ4v) is 1.07. The molecule has 2 heteroatoms. The quantitative estimate of drug-likeness (QED) is 0.654. The Balaban J connectivity index is 2.69. The van der Waals surface area contributed by atoms with Crippen molar-refractivity contribution in [3.05, 3.63) is 40.9 Å². The molecule has 0 N–H and O–H groups in total. The number of rotatable bonds is 3. The molecule has 0 atom stereocenters. The van der Waals surface area contributed by atoms with Crippen molar-refractivity contribution in [3.63, 3.8) is 0 Å². The van der Waals surface area contributed by atoms with Gasteiger partial charge in [-0.1, -0.05) is 35.9 Å². The van der Waals surface area contributed by atoms with Gasteiger partial charge in [-0.2, -0.15) is 0 Å².